The number of aromatic nitrogens is 1. The van der Waals surface area contributed by atoms with Crippen LogP contribution in [-0.4, -0.2) is 16.1 Å². The van der Waals surface area contributed by atoms with Gasteiger partial charge in [0.05, 0.1) is 16.1 Å². The fourth-order valence-electron chi connectivity index (χ4n) is 1.07. The molecule has 14 heavy (non-hydrogen) atoms. The monoisotopic (exact) mass is 213 g/mol. The molecule has 0 saturated carbocycles. The highest BCUT2D eigenvalue weighted by molar-refractivity contribution is 7.11. The smallest absolute Gasteiger partial charge is 0.309 e. The third-order valence-corrected chi connectivity index (χ3v) is 3.32. The van der Waals surface area contributed by atoms with Gasteiger partial charge in [0.2, 0.25) is 0 Å². The fourth-order valence-corrected chi connectivity index (χ4v) is 2.23. The van der Waals surface area contributed by atoms with Crippen molar-refractivity contribution in [3.05, 3.63) is 15.6 Å². The first-order valence-electron chi connectivity index (χ1n) is 4.49. The molecule has 0 aliphatic carbocycles. The molecule has 0 bridgehead atoms. The van der Waals surface area contributed by atoms with Gasteiger partial charge in [-0.1, -0.05) is 0 Å². The van der Waals surface area contributed by atoms with Gasteiger partial charge >= 0.3 is 5.97 Å². The van der Waals surface area contributed by atoms with Crippen LogP contribution in [0.4, 0.5) is 0 Å². The Labute approximate surface area is 87.8 Å². The van der Waals surface area contributed by atoms with E-state index < -0.39 is 11.4 Å². The Kier molecular flexibility index (Phi) is 2.95. The summed E-state index contributed by atoms with van der Waals surface area (Å²) >= 11 is 1.58. The minimum atomic E-state index is -0.775. The average Bonchev–Trinajstić information content (AvgIpc) is 2.29. The molecule has 0 aliphatic heterocycles. The van der Waals surface area contributed by atoms with E-state index in [1.165, 1.54) is 4.88 Å². The third kappa shape index (κ3) is 2.32. The second-order valence-corrected chi connectivity index (χ2v) is 5.40. The van der Waals surface area contributed by atoms with Crippen LogP contribution in [0.25, 0.3) is 0 Å². The van der Waals surface area contributed by atoms with Gasteiger partial charge < -0.3 is 5.11 Å². The topological polar surface area (TPSA) is 50.2 Å². The van der Waals surface area contributed by atoms with Crippen LogP contribution in [0.2, 0.25) is 0 Å². The molecular formula is C10H15NO2S. The second kappa shape index (κ2) is 3.69. The molecule has 1 heterocycles. The Morgan fingerprint density at radius 2 is 2.07 bits per heavy atom. The largest absolute Gasteiger partial charge is 0.481 e. The lowest BCUT2D eigenvalue weighted by Gasteiger charge is -2.16. The Bertz CT molecular complexity index is 336. The van der Waals surface area contributed by atoms with Crippen molar-refractivity contribution in [1.29, 1.82) is 0 Å². The molecule has 0 aromatic carbocycles. The molecule has 0 saturated heterocycles. The predicted octanol–water partition coefficient (Wildman–Crippen LogP) is 2.41. The van der Waals surface area contributed by atoms with Gasteiger partial charge in [-0.2, -0.15) is 0 Å². The molecule has 1 N–H and O–H groups in total. The molecule has 0 fully saturated rings. The van der Waals surface area contributed by atoms with E-state index in [1.54, 1.807) is 25.2 Å². The molecule has 0 aliphatic rings. The molecular weight excluding hydrogens is 198 g/mol. The van der Waals surface area contributed by atoms with Crippen molar-refractivity contribution in [1.82, 2.24) is 4.98 Å². The summed E-state index contributed by atoms with van der Waals surface area (Å²) in [6.45, 7) is 7.40. The summed E-state index contributed by atoms with van der Waals surface area (Å²) in [5.41, 5.74) is 0.280. The lowest BCUT2D eigenvalue weighted by atomic mass is 9.90. The SMILES string of the molecule is Cc1nc(CC(C)(C)C(=O)O)sc1C. The molecule has 0 spiro atoms. The van der Waals surface area contributed by atoms with E-state index in [9.17, 15) is 4.79 Å². The van der Waals surface area contributed by atoms with E-state index in [1.807, 2.05) is 13.8 Å². The number of aliphatic carboxylic acids is 1. The van der Waals surface area contributed by atoms with Gasteiger partial charge in [0.1, 0.15) is 0 Å². The number of hydrogen-bond acceptors (Lipinski definition) is 3. The zero-order chi connectivity index (χ0) is 10.9. The zero-order valence-electron chi connectivity index (χ0n) is 8.92. The number of nitrogens with zero attached hydrogens (tertiary/aromatic N) is 1. The maximum Gasteiger partial charge on any atom is 0.309 e. The number of aryl methyl sites for hydroxylation is 2. The molecule has 0 amide bonds. The van der Waals surface area contributed by atoms with Gasteiger partial charge in [0.25, 0.3) is 0 Å². The van der Waals surface area contributed by atoms with Crippen molar-refractivity contribution in [2.45, 2.75) is 34.1 Å². The van der Waals surface area contributed by atoms with Gasteiger partial charge in [0, 0.05) is 11.3 Å². The zero-order valence-corrected chi connectivity index (χ0v) is 9.73. The van der Waals surface area contributed by atoms with Gasteiger partial charge in [-0.15, -0.1) is 11.3 Å². The second-order valence-electron chi connectivity index (χ2n) is 4.12. The first kappa shape index (κ1) is 11.2. The summed E-state index contributed by atoms with van der Waals surface area (Å²) in [6.07, 6.45) is 0.502. The number of carboxylic acids is 1. The minimum absolute atomic E-state index is 0.502. The van der Waals surface area contributed by atoms with E-state index in [0.29, 0.717) is 6.42 Å². The van der Waals surface area contributed by atoms with Crippen LogP contribution >= 0.6 is 11.3 Å². The number of carbonyl (C=O) groups is 1. The Morgan fingerprint density at radius 3 is 2.43 bits per heavy atom. The summed E-state index contributed by atoms with van der Waals surface area (Å²) in [7, 11) is 0. The van der Waals surface area contributed by atoms with Gasteiger partial charge in [0.15, 0.2) is 0 Å². The van der Waals surface area contributed by atoms with Crippen LogP contribution in [0.15, 0.2) is 0 Å². The van der Waals surface area contributed by atoms with Crippen molar-refractivity contribution >= 4 is 17.3 Å². The molecule has 78 valence electrons. The summed E-state index contributed by atoms with van der Waals surface area (Å²) < 4.78 is 0. The van der Waals surface area contributed by atoms with Gasteiger partial charge in [-0.25, -0.2) is 4.98 Å². The number of hydrogen-bond donors (Lipinski definition) is 1. The van der Waals surface area contributed by atoms with E-state index in [-0.39, 0.29) is 0 Å². The Balaban J connectivity index is 2.84. The van der Waals surface area contributed by atoms with E-state index in [0.717, 1.165) is 10.7 Å². The van der Waals surface area contributed by atoms with Gasteiger partial charge in [-0.05, 0) is 27.7 Å². The highest BCUT2D eigenvalue weighted by atomic mass is 32.1. The molecule has 1 aromatic rings. The first-order chi connectivity index (χ1) is 6.33. The third-order valence-electron chi connectivity index (χ3n) is 2.24. The molecule has 1 rings (SSSR count). The Morgan fingerprint density at radius 1 is 1.50 bits per heavy atom. The standard InChI is InChI=1S/C10H15NO2S/c1-6-7(2)14-8(11-6)5-10(3,4)9(12)13/h5H2,1-4H3,(H,12,13). The van der Waals surface area contributed by atoms with E-state index in [2.05, 4.69) is 4.98 Å². The van der Waals surface area contributed by atoms with Crippen LogP contribution in [0.5, 0.6) is 0 Å². The van der Waals surface area contributed by atoms with E-state index in [4.69, 9.17) is 5.11 Å². The van der Waals surface area contributed by atoms with Crippen molar-refractivity contribution in [2.75, 3.05) is 0 Å². The highest BCUT2D eigenvalue weighted by Crippen LogP contribution is 2.26. The maximum absolute atomic E-state index is 10.9. The van der Waals surface area contributed by atoms with Crippen LogP contribution in [0.3, 0.4) is 0 Å². The van der Waals surface area contributed by atoms with Crippen LogP contribution in [0.1, 0.15) is 29.4 Å². The normalized spacial score (nSPS) is 11.7. The lowest BCUT2D eigenvalue weighted by molar-refractivity contribution is -0.146. The summed E-state index contributed by atoms with van der Waals surface area (Å²) in [4.78, 5) is 16.4. The van der Waals surface area contributed by atoms with Crippen molar-refractivity contribution < 1.29 is 9.90 Å². The molecule has 3 nitrogen and oxygen atoms in total. The predicted molar refractivity (Wildman–Crippen MR) is 56.7 cm³/mol. The van der Waals surface area contributed by atoms with Crippen LogP contribution < -0.4 is 0 Å². The molecule has 0 radical (unpaired) electrons. The van der Waals surface area contributed by atoms with Crippen molar-refractivity contribution in [2.24, 2.45) is 5.41 Å². The van der Waals surface area contributed by atoms with Gasteiger partial charge in [-0.3, -0.25) is 4.79 Å². The van der Waals surface area contributed by atoms with Crippen molar-refractivity contribution in [3.8, 4) is 0 Å². The average molecular weight is 213 g/mol. The minimum Gasteiger partial charge on any atom is -0.481 e. The molecule has 4 heteroatoms. The summed E-state index contributed by atoms with van der Waals surface area (Å²) in [5.74, 6) is -0.775. The summed E-state index contributed by atoms with van der Waals surface area (Å²) in [5, 5.41) is 9.87. The first-order valence-corrected chi connectivity index (χ1v) is 5.31. The fraction of sp³-hybridized carbons (Fsp3) is 0.600. The Hall–Kier alpha value is -0.900. The number of thiazole rings is 1. The molecule has 1 aromatic heterocycles. The molecule has 0 unspecified atom stereocenters. The quantitative estimate of drug-likeness (QED) is 0.838. The summed E-state index contributed by atoms with van der Waals surface area (Å²) in [6, 6.07) is 0. The van der Waals surface area contributed by atoms with E-state index >= 15 is 0 Å². The van der Waals surface area contributed by atoms with Crippen LogP contribution in [-0.2, 0) is 11.2 Å². The highest BCUT2D eigenvalue weighted by Gasteiger charge is 2.28. The molecule has 0 atom stereocenters. The number of rotatable bonds is 3. The lowest BCUT2D eigenvalue weighted by Crippen LogP contribution is -2.26. The number of carboxylic acid groups (broad SMARTS) is 1. The maximum atomic E-state index is 10.9. The van der Waals surface area contributed by atoms with Crippen LogP contribution in [0, 0.1) is 19.3 Å². The van der Waals surface area contributed by atoms with Crippen molar-refractivity contribution in [3.63, 3.8) is 0 Å².